The van der Waals surface area contributed by atoms with E-state index in [0.29, 0.717) is 24.0 Å². The average molecular weight is 824 g/mol. The number of hydrogen-bond donors (Lipinski definition) is 8. The number of nitrogens with one attached hydrogen (secondary N) is 4. The highest BCUT2D eigenvalue weighted by atomic mass is 31.2. The molecule has 0 radical (unpaired) electrons. The van der Waals surface area contributed by atoms with Crippen LogP contribution in [0.3, 0.4) is 0 Å². The zero-order valence-corrected chi connectivity index (χ0v) is 33.1. The molecular formula is C39H50N7O11P. The van der Waals surface area contributed by atoms with Crippen molar-refractivity contribution in [1.82, 2.24) is 26.2 Å². The molecule has 7 amide bonds. The summed E-state index contributed by atoms with van der Waals surface area (Å²) >= 11 is 0. The van der Waals surface area contributed by atoms with Crippen molar-refractivity contribution in [2.75, 3.05) is 6.54 Å². The highest BCUT2D eigenvalue weighted by Crippen LogP contribution is 2.38. The maximum Gasteiger partial charge on any atom is 0.469 e. The van der Waals surface area contributed by atoms with E-state index in [4.69, 9.17) is 16.0 Å². The van der Waals surface area contributed by atoms with Crippen LogP contribution in [0.15, 0.2) is 72.8 Å². The van der Waals surface area contributed by atoms with Crippen LogP contribution < -0.4 is 32.7 Å². The molecule has 18 nitrogen and oxygen atoms in total. The molecule has 58 heavy (non-hydrogen) atoms. The minimum absolute atomic E-state index is 0.00937. The fourth-order valence-electron chi connectivity index (χ4n) is 6.79. The predicted octanol–water partition coefficient (Wildman–Crippen LogP) is 0.214. The maximum absolute atomic E-state index is 14.4. The van der Waals surface area contributed by atoms with E-state index in [1.807, 2.05) is 36.4 Å². The molecule has 3 aromatic rings. The first-order valence-corrected chi connectivity index (χ1v) is 20.3. The monoisotopic (exact) mass is 823 g/mol. The van der Waals surface area contributed by atoms with Gasteiger partial charge in [-0.25, -0.2) is 4.57 Å². The number of rotatable bonds is 19. The van der Waals surface area contributed by atoms with Gasteiger partial charge in [-0.2, -0.15) is 0 Å². The molecule has 3 aromatic carbocycles. The first-order chi connectivity index (χ1) is 27.4. The molecule has 1 saturated heterocycles. The Kier molecular flexibility index (Phi) is 16.0. The van der Waals surface area contributed by atoms with Crippen LogP contribution in [0, 0.1) is 0 Å². The van der Waals surface area contributed by atoms with Crippen LogP contribution in [0.2, 0.25) is 0 Å². The molecule has 0 unspecified atom stereocenters. The number of primary amides is 2. The van der Waals surface area contributed by atoms with E-state index in [-0.39, 0.29) is 38.6 Å². The van der Waals surface area contributed by atoms with Crippen LogP contribution in [0.5, 0.6) is 0 Å². The quantitative estimate of drug-likeness (QED) is 0.0757. The highest BCUT2D eigenvalue weighted by molar-refractivity contribution is 7.46. The number of nitrogens with zero attached hydrogens (tertiary/aromatic N) is 1. The summed E-state index contributed by atoms with van der Waals surface area (Å²) in [4.78, 5) is 112. The van der Waals surface area contributed by atoms with Crippen molar-refractivity contribution >= 4 is 59.9 Å². The van der Waals surface area contributed by atoms with Crippen molar-refractivity contribution < 1.29 is 52.4 Å². The summed E-state index contributed by atoms with van der Waals surface area (Å²) in [6, 6.07) is 14.8. The molecule has 10 N–H and O–H groups in total. The Morgan fingerprint density at radius 2 is 1.41 bits per heavy atom. The molecule has 0 spiro atoms. The third-order valence-corrected chi connectivity index (χ3v) is 10.2. The van der Waals surface area contributed by atoms with E-state index < -0.39 is 85.5 Å². The molecule has 312 valence electrons. The largest absolute Gasteiger partial charge is 0.469 e. The van der Waals surface area contributed by atoms with E-state index in [0.717, 1.165) is 15.7 Å². The van der Waals surface area contributed by atoms with Gasteiger partial charge in [-0.15, -0.1) is 0 Å². The first-order valence-electron chi connectivity index (χ1n) is 18.7. The number of phosphoric ester groups is 1. The second-order valence-electron chi connectivity index (χ2n) is 14.2. The van der Waals surface area contributed by atoms with Gasteiger partial charge in [0.15, 0.2) is 0 Å². The third-order valence-electron chi connectivity index (χ3n) is 9.63. The number of piperidine rings is 1. The SMILES string of the molecule is CC(=O)N[C@@H](Cc1ccccc1)C(=O)N[C@@H](C(=O)N1CCCC[C@H]1C(=O)N[C@@H](Cc1ccc2ccccc2c1)C(=O)N[C@@H](CCC(N)=O)C(N)=O)[C@@H](C)OP(=O)(O)O. The van der Waals surface area contributed by atoms with Gasteiger partial charge in [0, 0.05) is 32.7 Å². The Bertz CT molecular complexity index is 2030. The Labute approximate surface area is 335 Å². The predicted molar refractivity (Wildman–Crippen MR) is 211 cm³/mol. The van der Waals surface area contributed by atoms with Gasteiger partial charge in [0.2, 0.25) is 41.4 Å². The fraction of sp³-hybridized carbons (Fsp3) is 0.410. The summed E-state index contributed by atoms with van der Waals surface area (Å²) in [5.74, 6) is -5.55. The molecule has 19 heteroatoms. The summed E-state index contributed by atoms with van der Waals surface area (Å²) in [6.07, 6.45) is -1.11. The van der Waals surface area contributed by atoms with E-state index in [1.54, 1.807) is 36.4 Å². The van der Waals surface area contributed by atoms with Crippen molar-refractivity contribution in [2.24, 2.45) is 11.5 Å². The summed E-state index contributed by atoms with van der Waals surface area (Å²) in [5, 5.41) is 12.0. The topological polar surface area (TPSA) is 290 Å². The number of fused-ring (bicyclic) bond motifs is 1. The van der Waals surface area contributed by atoms with Crippen LogP contribution in [-0.4, -0.2) is 98.9 Å². The number of nitrogens with two attached hydrogens (primary N) is 2. The Balaban J connectivity index is 1.63. The van der Waals surface area contributed by atoms with Crippen molar-refractivity contribution in [3.05, 3.63) is 83.9 Å². The zero-order chi connectivity index (χ0) is 42.6. The molecule has 0 bridgehead atoms. The minimum Gasteiger partial charge on any atom is -0.370 e. The van der Waals surface area contributed by atoms with Gasteiger partial charge in [0.25, 0.3) is 0 Å². The molecule has 1 fully saturated rings. The van der Waals surface area contributed by atoms with Crippen LogP contribution in [-0.2, 0) is 55.5 Å². The lowest BCUT2D eigenvalue weighted by Gasteiger charge is -2.39. The number of carbonyl (C=O) groups excluding carboxylic acids is 7. The molecular weight excluding hydrogens is 773 g/mol. The fourth-order valence-corrected chi connectivity index (χ4v) is 7.34. The van der Waals surface area contributed by atoms with Gasteiger partial charge in [-0.3, -0.25) is 38.1 Å². The van der Waals surface area contributed by atoms with Crippen LogP contribution >= 0.6 is 7.82 Å². The number of phosphoric acid groups is 1. The van der Waals surface area contributed by atoms with E-state index >= 15 is 0 Å². The Morgan fingerprint density at radius 1 is 0.793 bits per heavy atom. The third kappa shape index (κ3) is 13.5. The zero-order valence-electron chi connectivity index (χ0n) is 32.2. The number of benzene rings is 3. The summed E-state index contributed by atoms with van der Waals surface area (Å²) < 4.78 is 16.8. The van der Waals surface area contributed by atoms with Crippen molar-refractivity contribution in [1.29, 1.82) is 0 Å². The summed E-state index contributed by atoms with van der Waals surface area (Å²) in [6.45, 7) is 2.36. The lowest BCUT2D eigenvalue weighted by molar-refractivity contribution is -0.148. The Morgan fingerprint density at radius 3 is 2.05 bits per heavy atom. The van der Waals surface area contributed by atoms with Gasteiger partial charge in [-0.05, 0) is 54.5 Å². The van der Waals surface area contributed by atoms with Gasteiger partial charge in [-0.1, -0.05) is 72.8 Å². The molecule has 4 rings (SSSR count). The smallest absolute Gasteiger partial charge is 0.370 e. The van der Waals surface area contributed by atoms with Gasteiger partial charge >= 0.3 is 7.82 Å². The van der Waals surface area contributed by atoms with Gasteiger partial charge < -0.3 is 47.4 Å². The second-order valence-corrected chi connectivity index (χ2v) is 15.4. The molecule has 0 aliphatic carbocycles. The molecule has 6 atom stereocenters. The minimum atomic E-state index is -5.22. The standard InChI is InChI=1S/C39H50N7O11P/c1-23(57-58(54,55)56)34(45-37(51)30(42-24(2)47)21-25-10-4-3-5-11-25)39(53)46-19-9-8-14-32(46)38(52)44-31(36(50)43-29(35(41)49)17-18-33(40)48)22-26-15-16-27-12-6-7-13-28(27)20-26/h3-7,10-13,15-16,20,23,29-32,34H,8-9,14,17-19,21-22H2,1-2H3,(H2,40,48)(H2,41,49)(H,42,47)(H,43,50)(H,44,52)(H,45,51)(H2,54,55,56)/t23-,29+,30+,31+,32+,34-/m1/s1. The van der Waals surface area contributed by atoms with E-state index in [2.05, 4.69) is 21.3 Å². The van der Waals surface area contributed by atoms with Crippen LogP contribution in [0.1, 0.15) is 57.1 Å². The highest BCUT2D eigenvalue weighted by Gasteiger charge is 2.42. The maximum atomic E-state index is 14.4. The summed E-state index contributed by atoms with van der Waals surface area (Å²) in [7, 11) is -5.22. The van der Waals surface area contributed by atoms with Crippen molar-refractivity contribution in [3.63, 3.8) is 0 Å². The van der Waals surface area contributed by atoms with E-state index in [1.165, 1.54) is 13.8 Å². The number of likely N-dealkylation sites (tertiary alicyclic amines) is 1. The molecule has 1 aliphatic rings. The van der Waals surface area contributed by atoms with Gasteiger partial charge in [0.05, 0.1) is 6.10 Å². The van der Waals surface area contributed by atoms with Gasteiger partial charge in [0.1, 0.15) is 30.2 Å². The Hall–Kier alpha value is -5.68. The average Bonchev–Trinajstić information content (AvgIpc) is 3.16. The number of hydrogen-bond acceptors (Lipinski definition) is 9. The molecule has 1 heterocycles. The van der Waals surface area contributed by atoms with E-state index in [9.17, 15) is 47.9 Å². The van der Waals surface area contributed by atoms with Crippen LogP contribution in [0.4, 0.5) is 0 Å². The second kappa shape index (κ2) is 20.7. The van der Waals surface area contributed by atoms with Crippen molar-refractivity contribution in [2.45, 2.75) is 95.1 Å². The lowest BCUT2D eigenvalue weighted by atomic mass is 9.97. The van der Waals surface area contributed by atoms with Crippen LogP contribution in [0.25, 0.3) is 10.8 Å². The molecule has 1 aliphatic heterocycles. The van der Waals surface area contributed by atoms with Crippen molar-refractivity contribution in [3.8, 4) is 0 Å². The summed E-state index contributed by atoms with van der Waals surface area (Å²) in [5.41, 5.74) is 12.1. The lowest BCUT2D eigenvalue weighted by Crippen LogP contribution is -2.63. The molecule has 0 aromatic heterocycles. The normalized spacial score (nSPS) is 16.8. The molecule has 0 saturated carbocycles. The number of amides is 7. The number of carbonyl (C=O) groups is 7. The first kappa shape index (κ1) is 45.0.